The third-order valence-corrected chi connectivity index (χ3v) is 5.47. The van der Waals surface area contributed by atoms with E-state index < -0.39 is 0 Å². The van der Waals surface area contributed by atoms with Crippen molar-refractivity contribution in [1.82, 2.24) is 9.80 Å². The third-order valence-electron chi connectivity index (χ3n) is 5.47. The molecule has 1 amide bonds. The van der Waals surface area contributed by atoms with Crippen molar-refractivity contribution in [2.24, 2.45) is 0 Å². The number of rotatable bonds is 12. The van der Waals surface area contributed by atoms with Crippen LogP contribution in [0.4, 0.5) is 0 Å². The molecule has 0 radical (unpaired) electrons. The first-order chi connectivity index (χ1) is 14.1. The number of esters is 1. The van der Waals surface area contributed by atoms with Gasteiger partial charge >= 0.3 is 5.97 Å². The van der Waals surface area contributed by atoms with Crippen LogP contribution in [0.1, 0.15) is 62.7 Å². The monoisotopic (exact) mass is 404 g/mol. The first-order valence-corrected chi connectivity index (χ1v) is 10.9. The van der Waals surface area contributed by atoms with Gasteiger partial charge in [-0.2, -0.15) is 0 Å². The minimum Gasteiger partial charge on any atom is -0.494 e. The fourth-order valence-corrected chi connectivity index (χ4v) is 3.81. The van der Waals surface area contributed by atoms with Crippen LogP contribution in [0.15, 0.2) is 24.3 Å². The van der Waals surface area contributed by atoms with Crippen molar-refractivity contribution in [2.75, 3.05) is 39.9 Å². The quantitative estimate of drug-likeness (QED) is 0.392. The van der Waals surface area contributed by atoms with Gasteiger partial charge in [0.25, 0.3) is 5.91 Å². The third kappa shape index (κ3) is 7.35. The highest BCUT2D eigenvalue weighted by molar-refractivity contribution is 5.94. The number of carbonyl (C=O) groups excluding carboxylic acids is 2. The molecule has 0 N–H and O–H groups in total. The summed E-state index contributed by atoms with van der Waals surface area (Å²) in [6.07, 6.45) is 5.24. The van der Waals surface area contributed by atoms with Gasteiger partial charge in [0.1, 0.15) is 5.75 Å². The van der Waals surface area contributed by atoms with E-state index in [9.17, 15) is 9.59 Å². The van der Waals surface area contributed by atoms with Crippen molar-refractivity contribution in [1.29, 1.82) is 0 Å². The number of nitrogens with zero attached hydrogens (tertiary/aromatic N) is 2. The molecule has 1 fully saturated rings. The average Bonchev–Trinajstić information content (AvgIpc) is 3.21. The Bertz CT molecular complexity index is 632. The number of hydrogen-bond acceptors (Lipinski definition) is 5. The lowest BCUT2D eigenvalue weighted by atomic mass is 10.1. The molecule has 1 aliphatic rings. The van der Waals surface area contributed by atoms with Crippen molar-refractivity contribution >= 4 is 11.9 Å². The molecule has 6 heteroatoms. The molecule has 1 aromatic carbocycles. The van der Waals surface area contributed by atoms with Gasteiger partial charge in [0.2, 0.25) is 0 Å². The Balaban J connectivity index is 1.83. The smallest absolute Gasteiger partial charge is 0.305 e. The normalized spacial score (nSPS) is 16.3. The van der Waals surface area contributed by atoms with E-state index in [1.807, 2.05) is 29.2 Å². The molecule has 162 valence electrons. The average molecular weight is 405 g/mol. The number of methoxy groups -OCH3 is 1. The highest BCUT2D eigenvalue weighted by Gasteiger charge is 2.30. The molecule has 0 spiro atoms. The fourth-order valence-electron chi connectivity index (χ4n) is 3.81. The predicted octanol–water partition coefficient (Wildman–Crippen LogP) is 3.75. The summed E-state index contributed by atoms with van der Waals surface area (Å²) in [6.45, 7) is 8.84. The number of likely N-dealkylation sites (tertiary alicyclic amines) is 1. The molecule has 1 aliphatic heterocycles. The minimum atomic E-state index is -0.190. The van der Waals surface area contributed by atoms with Crippen molar-refractivity contribution in [2.45, 2.75) is 58.4 Å². The number of unbranched alkanes of at least 4 members (excludes halogenated alkanes) is 1. The van der Waals surface area contributed by atoms with Crippen LogP contribution >= 0.6 is 0 Å². The van der Waals surface area contributed by atoms with E-state index in [0.29, 0.717) is 24.6 Å². The zero-order valence-corrected chi connectivity index (χ0v) is 18.2. The zero-order valence-electron chi connectivity index (χ0n) is 18.2. The maximum Gasteiger partial charge on any atom is 0.305 e. The molecule has 1 unspecified atom stereocenters. The molecule has 1 atom stereocenters. The second-order valence-corrected chi connectivity index (χ2v) is 7.59. The van der Waals surface area contributed by atoms with Gasteiger partial charge in [-0.15, -0.1) is 0 Å². The van der Waals surface area contributed by atoms with Crippen LogP contribution < -0.4 is 4.74 Å². The molecule has 1 aromatic rings. The number of carbonyl (C=O) groups is 2. The highest BCUT2D eigenvalue weighted by atomic mass is 16.5. The van der Waals surface area contributed by atoms with Crippen molar-refractivity contribution in [3.8, 4) is 5.75 Å². The molecular weight excluding hydrogens is 368 g/mol. The van der Waals surface area contributed by atoms with Crippen LogP contribution in [0.2, 0.25) is 0 Å². The zero-order chi connectivity index (χ0) is 21.1. The highest BCUT2D eigenvalue weighted by Crippen LogP contribution is 2.22. The summed E-state index contributed by atoms with van der Waals surface area (Å²) in [4.78, 5) is 28.6. The Morgan fingerprint density at radius 2 is 1.93 bits per heavy atom. The number of hydrogen-bond donors (Lipinski definition) is 0. The van der Waals surface area contributed by atoms with Crippen molar-refractivity contribution in [3.63, 3.8) is 0 Å². The van der Waals surface area contributed by atoms with Crippen LogP contribution in [0, 0.1) is 0 Å². The van der Waals surface area contributed by atoms with Crippen LogP contribution in [-0.4, -0.2) is 67.6 Å². The van der Waals surface area contributed by atoms with E-state index in [0.717, 1.165) is 64.0 Å². The Kier molecular flexibility index (Phi) is 9.98. The molecule has 0 saturated carbocycles. The van der Waals surface area contributed by atoms with Gasteiger partial charge in [0.05, 0.1) is 13.7 Å². The van der Waals surface area contributed by atoms with Crippen LogP contribution in [0.3, 0.4) is 0 Å². The SMILES string of the molecule is CCCN(CC)CC1CCCN1C(=O)c1ccc(OCCCCC(=O)OC)cc1. The number of benzene rings is 1. The van der Waals surface area contributed by atoms with E-state index in [-0.39, 0.29) is 11.9 Å². The predicted molar refractivity (Wildman–Crippen MR) is 114 cm³/mol. The van der Waals surface area contributed by atoms with Gasteiger partial charge in [-0.1, -0.05) is 13.8 Å². The Morgan fingerprint density at radius 1 is 1.17 bits per heavy atom. The van der Waals surface area contributed by atoms with E-state index in [4.69, 9.17) is 4.74 Å². The summed E-state index contributed by atoms with van der Waals surface area (Å²) in [5, 5.41) is 0. The van der Waals surface area contributed by atoms with Gasteiger partial charge in [-0.05, 0) is 69.5 Å². The van der Waals surface area contributed by atoms with Gasteiger partial charge in [-0.3, -0.25) is 9.59 Å². The molecule has 0 aromatic heterocycles. The number of ether oxygens (including phenoxy) is 2. The second-order valence-electron chi connectivity index (χ2n) is 7.59. The molecule has 1 saturated heterocycles. The van der Waals surface area contributed by atoms with Gasteiger partial charge < -0.3 is 19.3 Å². The molecule has 29 heavy (non-hydrogen) atoms. The minimum absolute atomic E-state index is 0.115. The maximum absolute atomic E-state index is 13.0. The standard InChI is InChI=1S/C23H36N2O4/c1-4-15-24(5-2)18-20-9-8-16-25(20)23(27)19-11-13-21(14-12-19)29-17-7-6-10-22(26)28-3/h11-14,20H,4-10,15-18H2,1-3H3. The molecule has 2 rings (SSSR count). The molecule has 0 aliphatic carbocycles. The number of likely N-dealkylation sites (N-methyl/N-ethyl adjacent to an activating group) is 1. The molecule has 6 nitrogen and oxygen atoms in total. The second kappa shape index (κ2) is 12.5. The summed E-state index contributed by atoms with van der Waals surface area (Å²) in [5.41, 5.74) is 0.716. The Labute approximate surface area is 175 Å². The van der Waals surface area contributed by atoms with E-state index in [1.165, 1.54) is 7.11 Å². The Hall–Kier alpha value is -2.08. The van der Waals surface area contributed by atoms with Crippen molar-refractivity contribution in [3.05, 3.63) is 29.8 Å². The summed E-state index contributed by atoms with van der Waals surface area (Å²) in [7, 11) is 1.40. The number of amides is 1. The first-order valence-electron chi connectivity index (χ1n) is 10.9. The van der Waals surface area contributed by atoms with E-state index in [2.05, 4.69) is 23.5 Å². The summed E-state index contributed by atoms with van der Waals surface area (Å²) >= 11 is 0. The summed E-state index contributed by atoms with van der Waals surface area (Å²) in [5.74, 6) is 0.673. The van der Waals surface area contributed by atoms with E-state index >= 15 is 0 Å². The first kappa shape index (κ1) is 23.2. The lowest BCUT2D eigenvalue weighted by Crippen LogP contribution is -2.43. The van der Waals surface area contributed by atoms with Crippen LogP contribution in [0.5, 0.6) is 5.75 Å². The van der Waals surface area contributed by atoms with Crippen LogP contribution in [0.25, 0.3) is 0 Å². The Morgan fingerprint density at radius 3 is 2.59 bits per heavy atom. The van der Waals surface area contributed by atoms with Gasteiger partial charge in [-0.25, -0.2) is 0 Å². The van der Waals surface area contributed by atoms with Gasteiger partial charge in [0.15, 0.2) is 0 Å². The summed E-state index contributed by atoms with van der Waals surface area (Å²) < 4.78 is 10.3. The van der Waals surface area contributed by atoms with E-state index in [1.54, 1.807) is 0 Å². The largest absolute Gasteiger partial charge is 0.494 e. The lowest BCUT2D eigenvalue weighted by Gasteiger charge is -2.30. The van der Waals surface area contributed by atoms with Crippen LogP contribution in [-0.2, 0) is 9.53 Å². The van der Waals surface area contributed by atoms with Gasteiger partial charge in [0, 0.05) is 31.1 Å². The molecular formula is C23H36N2O4. The fraction of sp³-hybridized carbons (Fsp3) is 0.652. The summed E-state index contributed by atoms with van der Waals surface area (Å²) in [6, 6.07) is 7.72. The molecule has 0 bridgehead atoms. The maximum atomic E-state index is 13.0. The topological polar surface area (TPSA) is 59.1 Å². The lowest BCUT2D eigenvalue weighted by molar-refractivity contribution is -0.140. The van der Waals surface area contributed by atoms with Crippen molar-refractivity contribution < 1.29 is 19.1 Å². The molecule has 1 heterocycles.